The Morgan fingerprint density at radius 1 is 1.25 bits per heavy atom. The monoisotopic (exact) mass is 288 g/mol. The Kier molecular flexibility index (Phi) is 3.26. The lowest BCUT2D eigenvalue weighted by molar-refractivity contribution is 0.729. The highest BCUT2D eigenvalue weighted by Gasteiger charge is 2.13. The summed E-state index contributed by atoms with van der Waals surface area (Å²) in [6.07, 6.45) is 1.91. The molecule has 0 saturated heterocycles. The summed E-state index contributed by atoms with van der Waals surface area (Å²) >= 11 is 6.06. The lowest BCUT2D eigenvalue weighted by Gasteiger charge is -2.07. The lowest BCUT2D eigenvalue weighted by Crippen LogP contribution is -2.05. The van der Waals surface area contributed by atoms with Crippen LogP contribution in [0.5, 0.6) is 0 Å². The van der Waals surface area contributed by atoms with Crippen LogP contribution in [-0.4, -0.2) is 19.3 Å². The highest BCUT2D eigenvalue weighted by Crippen LogP contribution is 2.22. The number of aryl methyl sites for hydroxylation is 2. The molecule has 2 aromatic heterocycles. The van der Waals surface area contributed by atoms with E-state index in [-0.39, 0.29) is 0 Å². The Morgan fingerprint density at radius 2 is 2.05 bits per heavy atom. The van der Waals surface area contributed by atoms with Crippen molar-refractivity contribution in [3.05, 3.63) is 47.0 Å². The van der Waals surface area contributed by atoms with Crippen molar-refractivity contribution in [2.45, 2.75) is 26.3 Å². The zero-order chi connectivity index (χ0) is 14.3. The average molecular weight is 289 g/mol. The predicted molar refractivity (Wildman–Crippen MR) is 81.1 cm³/mol. The van der Waals surface area contributed by atoms with Gasteiger partial charge in [0.05, 0.1) is 29.7 Å². The van der Waals surface area contributed by atoms with Gasteiger partial charge in [-0.2, -0.15) is 5.10 Å². The molecule has 3 aromatic rings. The number of nitrogens with zero attached hydrogens (tertiary/aromatic N) is 4. The Morgan fingerprint density at radius 3 is 2.70 bits per heavy atom. The zero-order valence-corrected chi connectivity index (χ0v) is 12.6. The van der Waals surface area contributed by atoms with E-state index in [0.717, 1.165) is 23.4 Å². The van der Waals surface area contributed by atoms with Gasteiger partial charge in [-0.15, -0.1) is 11.6 Å². The number of rotatable bonds is 3. The van der Waals surface area contributed by atoms with Crippen LogP contribution in [0.2, 0.25) is 0 Å². The number of hydrogen-bond acceptors (Lipinski definition) is 2. The van der Waals surface area contributed by atoms with Gasteiger partial charge in [0.25, 0.3) is 0 Å². The molecule has 104 valence electrons. The first-order chi connectivity index (χ1) is 9.61. The fourth-order valence-corrected chi connectivity index (χ4v) is 2.69. The second kappa shape index (κ2) is 4.94. The first kappa shape index (κ1) is 13.2. The summed E-state index contributed by atoms with van der Waals surface area (Å²) in [5, 5.41) is 4.30. The number of aromatic nitrogens is 4. The van der Waals surface area contributed by atoms with E-state index in [0.29, 0.717) is 5.88 Å². The molecule has 0 saturated carbocycles. The molecule has 1 aromatic carbocycles. The van der Waals surface area contributed by atoms with Crippen LogP contribution in [0.3, 0.4) is 0 Å². The maximum atomic E-state index is 6.06. The smallest absolute Gasteiger partial charge is 0.125 e. The molecule has 0 spiro atoms. The number of benzene rings is 1. The number of imidazole rings is 1. The molecule has 0 N–H and O–H groups in total. The minimum Gasteiger partial charge on any atom is -0.322 e. The zero-order valence-electron chi connectivity index (χ0n) is 11.9. The van der Waals surface area contributed by atoms with Crippen molar-refractivity contribution in [2.75, 3.05) is 0 Å². The minimum absolute atomic E-state index is 0.410. The lowest BCUT2D eigenvalue weighted by atomic mass is 10.2. The average Bonchev–Trinajstić information content (AvgIpc) is 2.96. The van der Waals surface area contributed by atoms with Crippen molar-refractivity contribution in [3.8, 4) is 0 Å². The van der Waals surface area contributed by atoms with Gasteiger partial charge >= 0.3 is 0 Å². The molecular formula is C15H17ClN4. The molecule has 0 unspecified atom stereocenters. The second-order valence-electron chi connectivity index (χ2n) is 5.07. The van der Waals surface area contributed by atoms with E-state index in [1.807, 2.05) is 17.9 Å². The minimum atomic E-state index is 0.410. The molecule has 0 bridgehead atoms. The fourth-order valence-electron chi connectivity index (χ4n) is 2.48. The van der Waals surface area contributed by atoms with Crippen LogP contribution in [0.25, 0.3) is 11.0 Å². The van der Waals surface area contributed by atoms with Crippen molar-refractivity contribution in [1.29, 1.82) is 0 Å². The predicted octanol–water partition coefficient (Wildman–Crippen LogP) is 3.17. The van der Waals surface area contributed by atoms with Gasteiger partial charge in [0.1, 0.15) is 5.82 Å². The summed E-state index contributed by atoms with van der Waals surface area (Å²) in [4.78, 5) is 4.67. The van der Waals surface area contributed by atoms with Gasteiger partial charge < -0.3 is 4.57 Å². The number of alkyl halides is 1. The second-order valence-corrected chi connectivity index (χ2v) is 5.34. The van der Waals surface area contributed by atoms with Crippen molar-refractivity contribution >= 4 is 22.6 Å². The van der Waals surface area contributed by atoms with E-state index >= 15 is 0 Å². The number of halogens is 1. The Balaban J connectivity index is 2.15. The van der Waals surface area contributed by atoms with Crippen LogP contribution in [-0.2, 0) is 19.5 Å². The van der Waals surface area contributed by atoms with E-state index < -0.39 is 0 Å². The molecule has 0 aliphatic rings. The van der Waals surface area contributed by atoms with Crippen LogP contribution < -0.4 is 0 Å². The maximum absolute atomic E-state index is 6.06. The van der Waals surface area contributed by atoms with E-state index in [9.17, 15) is 0 Å². The van der Waals surface area contributed by atoms with Crippen molar-refractivity contribution in [2.24, 2.45) is 7.05 Å². The van der Waals surface area contributed by atoms with E-state index in [4.69, 9.17) is 11.6 Å². The summed E-state index contributed by atoms with van der Waals surface area (Å²) in [7, 11) is 1.96. The van der Waals surface area contributed by atoms with Gasteiger partial charge in [-0.3, -0.25) is 4.68 Å². The molecule has 4 nitrogen and oxygen atoms in total. The van der Waals surface area contributed by atoms with Crippen molar-refractivity contribution < 1.29 is 0 Å². The molecule has 0 atom stereocenters. The molecule has 0 aliphatic heterocycles. The van der Waals surface area contributed by atoms with Gasteiger partial charge in [-0.05, 0) is 25.5 Å². The van der Waals surface area contributed by atoms with Gasteiger partial charge in [0, 0.05) is 18.3 Å². The van der Waals surface area contributed by atoms with Gasteiger partial charge in [-0.25, -0.2) is 4.98 Å². The molecule has 2 heterocycles. The largest absolute Gasteiger partial charge is 0.322 e. The molecule has 0 radical (unpaired) electrons. The topological polar surface area (TPSA) is 35.6 Å². The van der Waals surface area contributed by atoms with Crippen LogP contribution in [0, 0.1) is 13.8 Å². The van der Waals surface area contributed by atoms with E-state index in [2.05, 4.69) is 46.7 Å². The standard InChI is InChI=1S/C15H17ClN4/c1-10-5-4-6-13-15(10)18-14(7-16)20(13)9-12-8-17-19(3)11(12)2/h4-6,8H,7,9H2,1-3H3. The molecular weight excluding hydrogens is 272 g/mol. The summed E-state index contributed by atoms with van der Waals surface area (Å²) in [5.41, 5.74) is 5.70. The Labute approximate surface area is 123 Å². The third-order valence-corrected chi connectivity index (χ3v) is 4.08. The van der Waals surface area contributed by atoms with Crippen molar-refractivity contribution in [3.63, 3.8) is 0 Å². The molecule has 20 heavy (non-hydrogen) atoms. The quantitative estimate of drug-likeness (QED) is 0.694. The Hall–Kier alpha value is -1.81. The first-order valence-electron chi connectivity index (χ1n) is 6.60. The van der Waals surface area contributed by atoms with E-state index in [1.165, 1.54) is 16.8 Å². The number of para-hydroxylation sites is 1. The molecule has 0 fully saturated rings. The SMILES string of the molecule is Cc1cccc2c1nc(CCl)n2Cc1cnn(C)c1C. The van der Waals surface area contributed by atoms with Gasteiger partial charge in [0.2, 0.25) is 0 Å². The normalized spacial score (nSPS) is 11.4. The third kappa shape index (κ3) is 2.00. The highest BCUT2D eigenvalue weighted by atomic mass is 35.5. The maximum Gasteiger partial charge on any atom is 0.125 e. The van der Waals surface area contributed by atoms with E-state index in [1.54, 1.807) is 0 Å². The number of fused-ring (bicyclic) bond motifs is 1. The molecule has 5 heteroatoms. The summed E-state index contributed by atoms with van der Waals surface area (Å²) < 4.78 is 4.07. The third-order valence-electron chi connectivity index (χ3n) is 3.84. The fraction of sp³-hybridized carbons (Fsp3) is 0.333. The van der Waals surface area contributed by atoms with Gasteiger partial charge in [0.15, 0.2) is 0 Å². The van der Waals surface area contributed by atoms with Crippen LogP contribution >= 0.6 is 11.6 Å². The van der Waals surface area contributed by atoms with Crippen LogP contribution in [0.1, 0.15) is 22.6 Å². The molecule has 3 rings (SSSR count). The number of hydrogen-bond donors (Lipinski definition) is 0. The summed E-state index contributed by atoms with van der Waals surface area (Å²) in [6, 6.07) is 6.23. The van der Waals surface area contributed by atoms with Gasteiger partial charge in [-0.1, -0.05) is 12.1 Å². The summed E-state index contributed by atoms with van der Waals surface area (Å²) in [6.45, 7) is 4.90. The Bertz CT molecular complexity index is 770. The van der Waals surface area contributed by atoms with Crippen LogP contribution in [0.15, 0.2) is 24.4 Å². The molecule has 0 aliphatic carbocycles. The highest BCUT2D eigenvalue weighted by molar-refractivity contribution is 6.16. The van der Waals surface area contributed by atoms with Crippen molar-refractivity contribution in [1.82, 2.24) is 19.3 Å². The first-order valence-corrected chi connectivity index (χ1v) is 7.13. The molecule has 0 amide bonds. The van der Waals surface area contributed by atoms with Crippen LogP contribution in [0.4, 0.5) is 0 Å². The summed E-state index contributed by atoms with van der Waals surface area (Å²) in [5.74, 6) is 1.31.